The second kappa shape index (κ2) is 6.30. The number of carbonyl (C=O) groups is 1. The third-order valence-electron chi connectivity index (χ3n) is 2.08. The molecule has 0 spiro atoms. The number of hydrogen-bond donors (Lipinski definition) is 1. The molecule has 0 saturated carbocycles. The molecule has 0 unspecified atom stereocenters. The van der Waals surface area contributed by atoms with Gasteiger partial charge in [0.25, 0.3) is 0 Å². The van der Waals surface area contributed by atoms with Gasteiger partial charge in [-0.15, -0.1) is 0 Å². The highest BCUT2D eigenvalue weighted by atomic mass is 35.5. The van der Waals surface area contributed by atoms with Crippen molar-refractivity contribution in [2.24, 2.45) is 0 Å². The zero-order valence-electron chi connectivity index (χ0n) is 9.06. The van der Waals surface area contributed by atoms with Crippen LogP contribution in [-0.2, 0) is 11.3 Å². The lowest BCUT2D eigenvalue weighted by atomic mass is 10.2. The lowest BCUT2D eigenvalue weighted by Gasteiger charge is -2.14. The Bertz CT molecular complexity index is 390. The predicted octanol–water partition coefficient (Wildman–Crippen LogP) is 2.41. The first-order valence-corrected chi connectivity index (χ1v) is 5.29. The molecular formula is C12H14ClNO2. The van der Waals surface area contributed by atoms with Crippen molar-refractivity contribution < 1.29 is 9.90 Å². The van der Waals surface area contributed by atoms with Gasteiger partial charge in [0.05, 0.1) is 0 Å². The molecule has 0 aliphatic rings. The SMILES string of the molecule is CN(C/C=C/C(=O)O)Cc1ccccc1Cl. The number of carboxylic acids is 1. The van der Waals surface area contributed by atoms with E-state index in [0.717, 1.165) is 16.7 Å². The Balaban J connectivity index is 2.49. The fraction of sp³-hybridized carbons (Fsp3) is 0.250. The summed E-state index contributed by atoms with van der Waals surface area (Å²) < 4.78 is 0. The van der Waals surface area contributed by atoms with Crippen LogP contribution in [0, 0.1) is 0 Å². The summed E-state index contributed by atoms with van der Waals surface area (Å²) in [5.41, 5.74) is 1.04. The minimum absolute atomic E-state index is 0.581. The van der Waals surface area contributed by atoms with Crippen LogP contribution in [0.1, 0.15) is 5.56 Å². The number of aliphatic carboxylic acids is 1. The minimum atomic E-state index is -0.925. The third kappa shape index (κ3) is 4.47. The van der Waals surface area contributed by atoms with Crippen molar-refractivity contribution in [1.82, 2.24) is 4.90 Å². The molecule has 0 aliphatic carbocycles. The van der Waals surface area contributed by atoms with Gasteiger partial charge in [-0.2, -0.15) is 0 Å². The number of carboxylic acid groups (broad SMARTS) is 1. The number of halogens is 1. The van der Waals surface area contributed by atoms with Crippen molar-refractivity contribution in [1.29, 1.82) is 0 Å². The Labute approximate surface area is 100.0 Å². The van der Waals surface area contributed by atoms with Gasteiger partial charge in [-0.3, -0.25) is 4.90 Å². The van der Waals surface area contributed by atoms with Crippen LogP contribution in [0.2, 0.25) is 5.02 Å². The van der Waals surface area contributed by atoms with E-state index in [0.29, 0.717) is 13.1 Å². The van der Waals surface area contributed by atoms with E-state index in [-0.39, 0.29) is 0 Å². The number of nitrogens with zero attached hydrogens (tertiary/aromatic N) is 1. The smallest absolute Gasteiger partial charge is 0.328 e. The lowest BCUT2D eigenvalue weighted by molar-refractivity contribution is -0.131. The number of hydrogen-bond acceptors (Lipinski definition) is 2. The number of rotatable bonds is 5. The van der Waals surface area contributed by atoms with Gasteiger partial charge >= 0.3 is 5.97 Å². The minimum Gasteiger partial charge on any atom is -0.478 e. The topological polar surface area (TPSA) is 40.5 Å². The maximum absolute atomic E-state index is 10.3. The van der Waals surface area contributed by atoms with Crippen LogP contribution in [0.25, 0.3) is 0 Å². The first kappa shape index (κ1) is 12.7. The summed E-state index contributed by atoms with van der Waals surface area (Å²) in [6.07, 6.45) is 2.75. The molecule has 0 bridgehead atoms. The molecule has 4 heteroatoms. The highest BCUT2D eigenvalue weighted by molar-refractivity contribution is 6.31. The van der Waals surface area contributed by atoms with Crippen LogP contribution in [-0.4, -0.2) is 29.6 Å². The van der Waals surface area contributed by atoms with E-state index in [1.54, 1.807) is 6.08 Å². The first-order valence-electron chi connectivity index (χ1n) is 4.91. The van der Waals surface area contributed by atoms with Gasteiger partial charge in [0.2, 0.25) is 0 Å². The quantitative estimate of drug-likeness (QED) is 0.803. The Morgan fingerprint density at radius 3 is 2.81 bits per heavy atom. The van der Waals surface area contributed by atoms with Crippen LogP contribution in [0.3, 0.4) is 0 Å². The van der Waals surface area contributed by atoms with E-state index < -0.39 is 5.97 Å². The Kier molecular flexibility index (Phi) is 5.02. The molecule has 1 aromatic carbocycles. The fourth-order valence-corrected chi connectivity index (χ4v) is 1.51. The van der Waals surface area contributed by atoms with Crippen LogP contribution < -0.4 is 0 Å². The van der Waals surface area contributed by atoms with E-state index in [2.05, 4.69) is 0 Å². The maximum Gasteiger partial charge on any atom is 0.328 e. The standard InChI is InChI=1S/C12H14ClNO2/c1-14(8-4-7-12(15)16)9-10-5-2-3-6-11(10)13/h2-7H,8-9H2,1H3,(H,15,16)/b7-4+. The monoisotopic (exact) mass is 239 g/mol. The highest BCUT2D eigenvalue weighted by Gasteiger charge is 2.02. The normalized spacial score (nSPS) is 11.2. The summed E-state index contributed by atoms with van der Waals surface area (Å²) in [5.74, 6) is -0.925. The van der Waals surface area contributed by atoms with E-state index in [1.807, 2.05) is 36.2 Å². The zero-order valence-corrected chi connectivity index (χ0v) is 9.81. The summed E-state index contributed by atoms with van der Waals surface area (Å²) in [7, 11) is 1.91. The highest BCUT2D eigenvalue weighted by Crippen LogP contribution is 2.16. The zero-order chi connectivity index (χ0) is 12.0. The number of benzene rings is 1. The average Bonchev–Trinajstić information content (AvgIpc) is 2.21. The summed E-state index contributed by atoms with van der Waals surface area (Å²) in [4.78, 5) is 12.3. The maximum atomic E-state index is 10.3. The second-order valence-electron chi connectivity index (χ2n) is 3.53. The van der Waals surface area contributed by atoms with Crippen molar-refractivity contribution in [3.63, 3.8) is 0 Å². The largest absolute Gasteiger partial charge is 0.478 e. The van der Waals surface area contributed by atoms with Gasteiger partial charge in [-0.05, 0) is 18.7 Å². The van der Waals surface area contributed by atoms with Crippen LogP contribution >= 0.6 is 11.6 Å². The Morgan fingerprint density at radius 2 is 2.19 bits per heavy atom. The van der Waals surface area contributed by atoms with Crippen LogP contribution in [0.4, 0.5) is 0 Å². The summed E-state index contributed by atoms with van der Waals surface area (Å²) >= 11 is 6.01. The predicted molar refractivity (Wildman–Crippen MR) is 64.6 cm³/mol. The molecule has 1 aromatic rings. The lowest BCUT2D eigenvalue weighted by Crippen LogP contribution is -2.18. The molecule has 1 rings (SSSR count). The van der Waals surface area contributed by atoms with Crippen molar-refractivity contribution in [2.45, 2.75) is 6.54 Å². The molecule has 0 aliphatic heterocycles. The van der Waals surface area contributed by atoms with Gasteiger partial charge in [-0.25, -0.2) is 4.79 Å². The first-order chi connectivity index (χ1) is 7.59. The van der Waals surface area contributed by atoms with Gasteiger partial charge in [-0.1, -0.05) is 35.9 Å². The van der Waals surface area contributed by atoms with Gasteiger partial charge in [0.15, 0.2) is 0 Å². The van der Waals surface area contributed by atoms with Crippen LogP contribution in [0.5, 0.6) is 0 Å². The molecule has 86 valence electrons. The summed E-state index contributed by atoms with van der Waals surface area (Å²) in [5, 5.41) is 9.17. The molecule has 16 heavy (non-hydrogen) atoms. The van der Waals surface area contributed by atoms with E-state index in [4.69, 9.17) is 16.7 Å². The van der Waals surface area contributed by atoms with Gasteiger partial charge in [0.1, 0.15) is 0 Å². The van der Waals surface area contributed by atoms with Crippen LogP contribution in [0.15, 0.2) is 36.4 Å². The second-order valence-corrected chi connectivity index (χ2v) is 3.94. The molecule has 0 saturated heterocycles. The fourth-order valence-electron chi connectivity index (χ4n) is 1.32. The van der Waals surface area contributed by atoms with Gasteiger partial charge in [0, 0.05) is 24.2 Å². The van der Waals surface area contributed by atoms with E-state index in [1.165, 1.54) is 0 Å². The molecule has 0 radical (unpaired) electrons. The average molecular weight is 240 g/mol. The number of likely N-dealkylation sites (N-methyl/N-ethyl adjacent to an activating group) is 1. The molecule has 0 amide bonds. The van der Waals surface area contributed by atoms with Gasteiger partial charge < -0.3 is 5.11 Å². The molecule has 0 atom stereocenters. The van der Waals surface area contributed by atoms with E-state index >= 15 is 0 Å². The summed E-state index contributed by atoms with van der Waals surface area (Å²) in [6, 6.07) is 7.62. The molecule has 1 N–H and O–H groups in total. The van der Waals surface area contributed by atoms with Crippen molar-refractivity contribution >= 4 is 17.6 Å². The Morgan fingerprint density at radius 1 is 1.50 bits per heavy atom. The molecular weight excluding hydrogens is 226 g/mol. The van der Waals surface area contributed by atoms with Crippen molar-refractivity contribution in [3.05, 3.63) is 47.0 Å². The molecule has 0 heterocycles. The Hall–Kier alpha value is -1.32. The third-order valence-corrected chi connectivity index (χ3v) is 2.44. The summed E-state index contributed by atoms with van der Waals surface area (Å²) in [6.45, 7) is 1.28. The molecule has 0 fully saturated rings. The molecule has 0 aromatic heterocycles. The van der Waals surface area contributed by atoms with Crippen molar-refractivity contribution in [3.8, 4) is 0 Å². The van der Waals surface area contributed by atoms with E-state index in [9.17, 15) is 4.79 Å². The molecule has 3 nitrogen and oxygen atoms in total. The van der Waals surface area contributed by atoms with Crippen molar-refractivity contribution in [2.75, 3.05) is 13.6 Å².